The zero-order valence-electron chi connectivity index (χ0n) is 17.0. The minimum Gasteiger partial charge on any atom is -0.337 e. The molecule has 0 bridgehead atoms. The van der Waals surface area contributed by atoms with E-state index in [9.17, 15) is 9.59 Å². The van der Waals surface area contributed by atoms with Crippen LogP contribution in [0.3, 0.4) is 0 Å². The number of nitrogens with zero attached hydrogens (tertiary/aromatic N) is 4. The number of likely N-dealkylation sites (tertiary alicyclic amines) is 1. The third kappa shape index (κ3) is 4.14. The number of carbonyl (C=O) groups excluding carboxylic acids is 1. The van der Waals surface area contributed by atoms with Crippen LogP contribution in [0.4, 0.5) is 0 Å². The number of thiazole rings is 1. The van der Waals surface area contributed by atoms with Gasteiger partial charge in [0, 0.05) is 25.1 Å². The van der Waals surface area contributed by atoms with Crippen molar-refractivity contribution in [2.75, 3.05) is 13.1 Å². The van der Waals surface area contributed by atoms with Gasteiger partial charge in [-0.2, -0.15) is 5.10 Å². The molecule has 156 valence electrons. The normalized spacial score (nSPS) is 14.8. The fraction of sp³-hybridized carbons (Fsp3) is 0.250. The highest BCUT2D eigenvalue weighted by atomic mass is 32.1. The molecule has 0 N–H and O–H groups in total. The Kier molecular flexibility index (Phi) is 5.34. The molecule has 0 atom stereocenters. The second-order valence-corrected chi connectivity index (χ2v) is 8.85. The predicted octanol–water partition coefficient (Wildman–Crippen LogP) is 3.92. The van der Waals surface area contributed by atoms with Crippen LogP contribution in [-0.4, -0.2) is 38.7 Å². The lowest BCUT2D eigenvalue weighted by Crippen LogP contribution is -2.39. The maximum Gasteiger partial charge on any atom is 0.274 e. The van der Waals surface area contributed by atoms with Crippen LogP contribution in [0.2, 0.25) is 0 Å². The number of aromatic nitrogens is 3. The number of piperidine rings is 1. The molecule has 0 saturated carbocycles. The van der Waals surface area contributed by atoms with Crippen LogP contribution in [0.1, 0.15) is 39.8 Å². The predicted molar refractivity (Wildman–Crippen MR) is 122 cm³/mol. The van der Waals surface area contributed by atoms with Gasteiger partial charge in [0.2, 0.25) is 0 Å². The molecule has 0 unspecified atom stereocenters. The minimum absolute atomic E-state index is 0.121. The molecule has 1 aliphatic heterocycles. The molecule has 1 aliphatic rings. The summed E-state index contributed by atoms with van der Waals surface area (Å²) >= 11 is 1.75. The SMILES string of the molecule is O=C(c1ccc(=O)n(Cc2ccccc2)n1)N1CCC(c2nc3ccccc3s2)CC1. The van der Waals surface area contributed by atoms with Crippen molar-refractivity contribution in [1.82, 2.24) is 19.7 Å². The first-order chi connectivity index (χ1) is 15.2. The summed E-state index contributed by atoms with van der Waals surface area (Å²) in [5, 5.41) is 5.51. The molecule has 0 spiro atoms. The van der Waals surface area contributed by atoms with E-state index in [0.29, 0.717) is 31.2 Å². The van der Waals surface area contributed by atoms with Crippen LogP contribution < -0.4 is 5.56 Å². The lowest BCUT2D eigenvalue weighted by atomic mass is 9.97. The van der Waals surface area contributed by atoms with E-state index in [4.69, 9.17) is 4.98 Å². The number of fused-ring (bicyclic) bond motifs is 1. The van der Waals surface area contributed by atoms with Gasteiger partial charge in [-0.15, -0.1) is 11.3 Å². The molecule has 4 aromatic rings. The van der Waals surface area contributed by atoms with E-state index in [-0.39, 0.29) is 11.5 Å². The van der Waals surface area contributed by atoms with Crippen molar-refractivity contribution in [1.29, 1.82) is 0 Å². The van der Waals surface area contributed by atoms with Gasteiger partial charge in [0.1, 0.15) is 5.69 Å². The fourth-order valence-electron chi connectivity index (χ4n) is 3.99. The van der Waals surface area contributed by atoms with Crippen LogP contribution in [0.5, 0.6) is 0 Å². The molecule has 1 fully saturated rings. The van der Waals surface area contributed by atoms with Crippen molar-refractivity contribution in [2.45, 2.75) is 25.3 Å². The van der Waals surface area contributed by atoms with Gasteiger partial charge in [-0.25, -0.2) is 9.67 Å². The zero-order chi connectivity index (χ0) is 21.2. The van der Waals surface area contributed by atoms with Crippen molar-refractivity contribution in [3.63, 3.8) is 0 Å². The van der Waals surface area contributed by atoms with Gasteiger partial charge in [-0.3, -0.25) is 9.59 Å². The second kappa shape index (κ2) is 8.43. The monoisotopic (exact) mass is 430 g/mol. The Labute approximate surface area is 183 Å². The second-order valence-electron chi connectivity index (χ2n) is 7.79. The van der Waals surface area contributed by atoms with E-state index in [2.05, 4.69) is 11.2 Å². The molecule has 2 aromatic carbocycles. The van der Waals surface area contributed by atoms with Crippen LogP contribution in [0, 0.1) is 0 Å². The third-order valence-corrected chi connectivity index (χ3v) is 6.90. The van der Waals surface area contributed by atoms with Crippen LogP contribution in [-0.2, 0) is 6.54 Å². The summed E-state index contributed by atoms with van der Waals surface area (Å²) in [5.74, 6) is 0.256. The Morgan fingerprint density at radius 1 is 0.968 bits per heavy atom. The summed E-state index contributed by atoms with van der Waals surface area (Å²) < 4.78 is 2.57. The Bertz CT molecular complexity index is 1240. The molecule has 1 saturated heterocycles. The fourth-order valence-corrected chi connectivity index (χ4v) is 5.13. The summed E-state index contributed by atoms with van der Waals surface area (Å²) in [5.41, 5.74) is 2.12. The van der Waals surface area contributed by atoms with Crippen molar-refractivity contribution in [3.05, 3.63) is 93.3 Å². The standard InChI is InChI=1S/C24H22N4O2S/c29-22-11-10-20(26-28(22)16-17-6-2-1-3-7-17)24(30)27-14-12-18(13-15-27)23-25-19-8-4-5-9-21(19)31-23/h1-11,18H,12-16H2. The number of benzene rings is 2. The van der Waals surface area contributed by atoms with E-state index in [1.165, 1.54) is 21.5 Å². The summed E-state index contributed by atoms with van der Waals surface area (Å²) in [6.45, 7) is 1.68. The summed E-state index contributed by atoms with van der Waals surface area (Å²) in [6, 6.07) is 20.8. The Morgan fingerprint density at radius 3 is 2.48 bits per heavy atom. The highest BCUT2D eigenvalue weighted by Crippen LogP contribution is 2.34. The molecule has 1 amide bonds. The molecule has 0 aliphatic carbocycles. The number of carbonyl (C=O) groups is 1. The zero-order valence-corrected chi connectivity index (χ0v) is 17.8. The highest BCUT2D eigenvalue weighted by Gasteiger charge is 2.27. The molecular weight excluding hydrogens is 408 g/mol. The first kappa shape index (κ1) is 19.6. The van der Waals surface area contributed by atoms with Crippen LogP contribution in [0.15, 0.2) is 71.5 Å². The smallest absolute Gasteiger partial charge is 0.274 e. The lowest BCUT2D eigenvalue weighted by molar-refractivity contribution is 0.0704. The summed E-state index contributed by atoms with van der Waals surface area (Å²) in [7, 11) is 0. The number of rotatable bonds is 4. The minimum atomic E-state index is -0.213. The first-order valence-corrected chi connectivity index (χ1v) is 11.3. The number of hydrogen-bond donors (Lipinski definition) is 0. The topological polar surface area (TPSA) is 68.1 Å². The largest absolute Gasteiger partial charge is 0.337 e. The quantitative estimate of drug-likeness (QED) is 0.492. The van der Waals surface area contributed by atoms with Crippen molar-refractivity contribution in [2.24, 2.45) is 0 Å². The average molecular weight is 431 g/mol. The van der Waals surface area contributed by atoms with Crippen molar-refractivity contribution < 1.29 is 4.79 Å². The summed E-state index contributed by atoms with van der Waals surface area (Å²) in [6.07, 6.45) is 1.77. The van der Waals surface area contributed by atoms with Crippen molar-refractivity contribution >= 4 is 27.5 Å². The highest BCUT2D eigenvalue weighted by molar-refractivity contribution is 7.18. The Morgan fingerprint density at radius 2 is 1.71 bits per heavy atom. The van der Waals surface area contributed by atoms with E-state index < -0.39 is 0 Å². The third-order valence-electron chi connectivity index (χ3n) is 5.70. The van der Waals surface area contributed by atoms with E-state index >= 15 is 0 Å². The van der Waals surface area contributed by atoms with Gasteiger partial charge in [0.15, 0.2) is 0 Å². The summed E-state index contributed by atoms with van der Waals surface area (Å²) in [4.78, 5) is 31.9. The maximum atomic E-state index is 13.0. The molecular formula is C24H22N4O2S. The van der Waals surface area contributed by atoms with Gasteiger partial charge in [-0.05, 0) is 36.6 Å². The van der Waals surface area contributed by atoms with E-state index in [0.717, 1.165) is 28.9 Å². The molecule has 31 heavy (non-hydrogen) atoms. The lowest BCUT2D eigenvalue weighted by Gasteiger charge is -2.30. The van der Waals surface area contributed by atoms with E-state index in [1.807, 2.05) is 53.4 Å². The molecule has 0 radical (unpaired) electrons. The number of hydrogen-bond acceptors (Lipinski definition) is 5. The molecule has 2 aromatic heterocycles. The van der Waals surface area contributed by atoms with Gasteiger partial charge in [0.25, 0.3) is 11.5 Å². The number of para-hydroxylation sites is 1. The first-order valence-electron chi connectivity index (χ1n) is 10.4. The van der Waals surface area contributed by atoms with Gasteiger partial charge in [0.05, 0.1) is 21.8 Å². The van der Waals surface area contributed by atoms with Gasteiger partial charge in [-0.1, -0.05) is 42.5 Å². The molecule has 6 nitrogen and oxygen atoms in total. The number of amides is 1. The maximum absolute atomic E-state index is 13.0. The van der Waals surface area contributed by atoms with E-state index in [1.54, 1.807) is 11.3 Å². The van der Waals surface area contributed by atoms with Crippen LogP contribution >= 0.6 is 11.3 Å². The molecule has 3 heterocycles. The Balaban J connectivity index is 1.28. The van der Waals surface area contributed by atoms with Gasteiger partial charge < -0.3 is 4.90 Å². The van der Waals surface area contributed by atoms with Crippen molar-refractivity contribution in [3.8, 4) is 0 Å². The Hall–Kier alpha value is -3.32. The average Bonchev–Trinajstić information content (AvgIpc) is 3.25. The molecule has 5 rings (SSSR count). The van der Waals surface area contributed by atoms with Gasteiger partial charge >= 0.3 is 0 Å². The van der Waals surface area contributed by atoms with Crippen LogP contribution in [0.25, 0.3) is 10.2 Å². The molecule has 7 heteroatoms.